The molecule has 1 amide bonds. The van der Waals surface area contributed by atoms with Gasteiger partial charge in [0.2, 0.25) is 5.91 Å². The molecule has 4 nitrogen and oxygen atoms in total. The number of nitrogens with one attached hydrogen (secondary N) is 1. The van der Waals surface area contributed by atoms with Gasteiger partial charge < -0.3 is 10.4 Å². The number of amides is 1. The Balaban J connectivity index is 1.63. The Morgan fingerprint density at radius 2 is 2.24 bits per heavy atom. The first-order chi connectivity index (χ1) is 8.25. The third-order valence-corrected chi connectivity index (χ3v) is 3.71. The zero-order valence-electron chi connectivity index (χ0n) is 9.50. The van der Waals surface area contributed by atoms with Crippen LogP contribution in [-0.2, 0) is 4.79 Å². The van der Waals surface area contributed by atoms with E-state index in [9.17, 15) is 9.90 Å². The van der Waals surface area contributed by atoms with Crippen molar-refractivity contribution >= 4 is 17.7 Å². The smallest absolute Gasteiger partial charge is 0.230 e. The average molecular weight is 252 g/mol. The molecule has 0 radical (unpaired) electrons. The van der Waals surface area contributed by atoms with Crippen LogP contribution in [0, 0.1) is 5.92 Å². The van der Waals surface area contributed by atoms with E-state index in [4.69, 9.17) is 0 Å². The molecule has 0 bridgehead atoms. The number of carbonyl (C=O) groups excluding carboxylic acids is 1. The Morgan fingerprint density at radius 1 is 1.53 bits per heavy atom. The summed E-state index contributed by atoms with van der Waals surface area (Å²) in [7, 11) is 0. The topological polar surface area (TPSA) is 62.2 Å². The molecule has 1 aliphatic carbocycles. The highest BCUT2D eigenvalue weighted by atomic mass is 32.2. The number of thioether (sulfide) groups is 1. The average Bonchev–Trinajstić information content (AvgIpc) is 3.19. The summed E-state index contributed by atoms with van der Waals surface area (Å²) >= 11 is 1.47. The maximum atomic E-state index is 11.5. The Kier molecular flexibility index (Phi) is 4.39. The number of aliphatic hydroxyl groups excluding tert-OH is 1. The normalized spacial score (nSPS) is 16.5. The molecule has 0 saturated heterocycles. The van der Waals surface area contributed by atoms with Crippen LogP contribution in [0.3, 0.4) is 0 Å². The quantitative estimate of drug-likeness (QED) is 0.743. The van der Waals surface area contributed by atoms with Gasteiger partial charge >= 0.3 is 0 Å². The van der Waals surface area contributed by atoms with Crippen molar-refractivity contribution in [3.05, 3.63) is 24.5 Å². The first-order valence-corrected chi connectivity index (χ1v) is 6.72. The molecule has 0 aliphatic heterocycles. The van der Waals surface area contributed by atoms with Crippen molar-refractivity contribution in [2.75, 3.05) is 12.3 Å². The third-order valence-electron chi connectivity index (χ3n) is 2.69. The minimum Gasteiger partial charge on any atom is -0.391 e. The highest BCUT2D eigenvalue weighted by molar-refractivity contribution is 8.00. The van der Waals surface area contributed by atoms with Crippen LogP contribution in [0.4, 0.5) is 0 Å². The summed E-state index contributed by atoms with van der Waals surface area (Å²) in [5.41, 5.74) is 0. The predicted molar refractivity (Wildman–Crippen MR) is 66.7 cm³/mol. The van der Waals surface area contributed by atoms with Gasteiger partial charge in [-0.05, 0) is 30.9 Å². The van der Waals surface area contributed by atoms with Gasteiger partial charge in [0.1, 0.15) is 0 Å². The van der Waals surface area contributed by atoms with Crippen LogP contribution >= 0.6 is 11.8 Å². The number of aromatic nitrogens is 1. The number of carbonyl (C=O) groups is 1. The van der Waals surface area contributed by atoms with E-state index >= 15 is 0 Å². The molecule has 17 heavy (non-hydrogen) atoms. The molecule has 1 aliphatic rings. The van der Waals surface area contributed by atoms with E-state index in [1.54, 1.807) is 12.4 Å². The molecule has 2 rings (SSSR count). The SMILES string of the molecule is O=C(CSc1ccncc1)NCC(O)C1CC1. The molecule has 0 spiro atoms. The van der Waals surface area contributed by atoms with Gasteiger partial charge in [0, 0.05) is 23.8 Å². The number of rotatable bonds is 6. The summed E-state index contributed by atoms with van der Waals surface area (Å²) in [6.45, 7) is 0.375. The van der Waals surface area contributed by atoms with E-state index < -0.39 is 0 Å². The summed E-state index contributed by atoms with van der Waals surface area (Å²) < 4.78 is 0. The predicted octanol–water partition coefficient (Wildman–Crippen LogP) is 1.06. The number of nitrogens with zero attached hydrogens (tertiary/aromatic N) is 1. The van der Waals surface area contributed by atoms with Crippen LogP contribution < -0.4 is 5.32 Å². The van der Waals surface area contributed by atoms with Crippen molar-refractivity contribution in [1.29, 1.82) is 0 Å². The van der Waals surface area contributed by atoms with E-state index in [0.29, 0.717) is 18.2 Å². The maximum Gasteiger partial charge on any atom is 0.230 e. The highest BCUT2D eigenvalue weighted by Gasteiger charge is 2.29. The fraction of sp³-hybridized carbons (Fsp3) is 0.500. The monoisotopic (exact) mass is 252 g/mol. The van der Waals surface area contributed by atoms with Gasteiger partial charge in [-0.25, -0.2) is 0 Å². The molecule has 2 N–H and O–H groups in total. The van der Waals surface area contributed by atoms with E-state index in [1.165, 1.54) is 11.8 Å². The molecule has 1 atom stereocenters. The van der Waals surface area contributed by atoms with Crippen LogP contribution in [0.2, 0.25) is 0 Å². The highest BCUT2D eigenvalue weighted by Crippen LogP contribution is 2.32. The third kappa shape index (κ3) is 4.36. The van der Waals surface area contributed by atoms with Crippen molar-refractivity contribution in [2.45, 2.75) is 23.8 Å². The molecule has 1 heterocycles. The first kappa shape index (κ1) is 12.4. The van der Waals surface area contributed by atoms with Crippen molar-refractivity contribution in [2.24, 2.45) is 5.92 Å². The van der Waals surface area contributed by atoms with E-state index in [-0.39, 0.29) is 12.0 Å². The second-order valence-electron chi connectivity index (χ2n) is 4.18. The van der Waals surface area contributed by atoms with Gasteiger partial charge in [0.15, 0.2) is 0 Å². The minimum atomic E-state index is -0.370. The zero-order valence-corrected chi connectivity index (χ0v) is 10.3. The largest absolute Gasteiger partial charge is 0.391 e. The van der Waals surface area contributed by atoms with Crippen LogP contribution in [0.15, 0.2) is 29.4 Å². The summed E-state index contributed by atoms with van der Waals surface area (Å²) in [6.07, 6.45) is 5.21. The standard InChI is InChI=1S/C12H16N2O2S/c15-11(9-1-2-9)7-14-12(16)8-17-10-3-5-13-6-4-10/h3-6,9,11,15H,1-2,7-8H2,(H,14,16). The Hall–Kier alpha value is -1.07. The van der Waals surface area contributed by atoms with Crippen molar-refractivity contribution in [1.82, 2.24) is 10.3 Å². The lowest BCUT2D eigenvalue weighted by Crippen LogP contribution is -2.34. The minimum absolute atomic E-state index is 0.0356. The molecule has 0 aromatic carbocycles. The van der Waals surface area contributed by atoms with Crippen molar-refractivity contribution in [3.8, 4) is 0 Å². The van der Waals surface area contributed by atoms with E-state index in [0.717, 1.165) is 17.7 Å². The lowest BCUT2D eigenvalue weighted by atomic mass is 10.2. The maximum absolute atomic E-state index is 11.5. The zero-order chi connectivity index (χ0) is 12.1. The molecule has 1 fully saturated rings. The van der Waals surface area contributed by atoms with Crippen LogP contribution in [0.25, 0.3) is 0 Å². The summed E-state index contributed by atoms with van der Waals surface area (Å²) in [4.78, 5) is 16.4. The van der Waals surface area contributed by atoms with Crippen LogP contribution in [-0.4, -0.2) is 34.4 Å². The molecule has 1 unspecified atom stereocenters. The van der Waals surface area contributed by atoms with Crippen molar-refractivity contribution < 1.29 is 9.90 Å². The Labute approximate surface area is 105 Å². The second kappa shape index (κ2) is 6.02. The van der Waals surface area contributed by atoms with Gasteiger partial charge in [0.05, 0.1) is 11.9 Å². The molecule has 1 saturated carbocycles. The summed E-state index contributed by atoms with van der Waals surface area (Å²) in [5.74, 6) is 0.746. The van der Waals surface area contributed by atoms with Gasteiger partial charge in [-0.1, -0.05) is 0 Å². The molecule has 5 heteroatoms. The van der Waals surface area contributed by atoms with Crippen LogP contribution in [0.1, 0.15) is 12.8 Å². The van der Waals surface area contributed by atoms with E-state index in [1.807, 2.05) is 12.1 Å². The summed E-state index contributed by atoms with van der Waals surface area (Å²) in [5, 5.41) is 12.3. The second-order valence-corrected chi connectivity index (χ2v) is 5.23. The Bertz CT molecular complexity index is 368. The van der Waals surface area contributed by atoms with Gasteiger partial charge in [-0.3, -0.25) is 9.78 Å². The van der Waals surface area contributed by atoms with Crippen LogP contribution in [0.5, 0.6) is 0 Å². The number of pyridine rings is 1. The van der Waals surface area contributed by atoms with Gasteiger partial charge in [-0.15, -0.1) is 11.8 Å². The number of aliphatic hydroxyl groups is 1. The molecule has 1 aromatic heterocycles. The first-order valence-electron chi connectivity index (χ1n) is 5.73. The van der Waals surface area contributed by atoms with E-state index in [2.05, 4.69) is 10.3 Å². The number of hydrogen-bond donors (Lipinski definition) is 2. The van der Waals surface area contributed by atoms with Gasteiger partial charge in [0.25, 0.3) is 0 Å². The number of hydrogen-bond acceptors (Lipinski definition) is 4. The summed E-state index contributed by atoms with van der Waals surface area (Å²) in [6, 6.07) is 3.74. The molecule has 92 valence electrons. The van der Waals surface area contributed by atoms with Gasteiger partial charge in [-0.2, -0.15) is 0 Å². The molecule has 1 aromatic rings. The Morgan fingerprint density at radius 3 is 2.88 bits per heavy atom. The lowest BCUT2D eigenvalue weighted by molar-refractivity contribution is -0.119. The molecular weight excluding hydrogens is 236 g/mol. The lowest BCUT2D eigenvalue weighted by Gasteiger charge is -2.10. The van der Waals surface area contributed by atoms with Crippen molar-refractivity contribution in [3.63, 3.8) is 0 Å². The fourth-order valence-electron chi connectivity index (χ4n) is 1.50. The molecular formula is C12H16N2O2S. The fourth-order valence-corrected chi connectivity index (χ4v) is 2.21.